The van der Waals surface area contributed by atoms with E-state index < -0.39 is 0 Å². The van der Waals surface area contributed by atoms with Crippen molar-refractivity contribution < 1.29 is 9.47 Å². The van der Waals surface area contributed by atoms with Crippen LogP contribution in [0.25, 0.3) is 0 Å². The van der Waals surface area contributed by atoms with Gasteiger partial charge in [-0.1, -0.05) is 0 Å². The third kappa shape index (κ3) is 6.66. The second-order valence-electron chi connectivity index (χ2n) is 5.00. The highest BCUT2D eigenvalue weighted by Gasteiger charge is 2.26. The zero-order chi connectivity index (χ0) is 11.3. The highest BCUT2D eigenvalue weighted by molar-refractivity contribution is 5.85. The summed E-state index contributed by atoms with van der Waals surface area (Å²) in [6.45, 7) is 8.54. The molecule has 0 spiro atoms. The van der Waals surface area contributed by atoms with Gasteiger partial charge in [0.2, 0.25) is 0 Å². The van der Waals surface area contributed by atoms with E-state index in [2.05, 4.69) is 18.7 Å². The quantitative estimate of drug-likeness (QED) is 0.713. The van der Waals surface area contributed by atoms with Crippen LogP contribution < -0.4 is 5.73 Å². The predicted molar refractivity (Wildman–Crippen MR) is 68.2 cm³/mol. The molecule has 0 aliphatic carbocycles. The fourth-order valence-electron chi connectivity index (χ4n) is 1.95. The van der Waals surface area contributed by atoms with Crippen LogP contribution in [0, 0.1) is 0 Å². The standard InChI is InChI=1S/C11H24N2O2.ClH/c1-11(2,12)9-13-5-4-10(8-13)15-7-6-14-3;/h10H,4-9,12H2,1-3H3;1H. The molecule has 1 aliphatic heterocycles. The summed E-state index contributed by atoms with van der Waals surface area (Å²) in [4.78, 5) is 2.37. The van der Waals surface area contributed by atoms with Crippen molar-refractivity contribution in [2.45, 2.75) is 31.9 Å². The van der Waals surface area contributed by atoms with Gasteiger partial charge in [0.05, 0.1) is 19.3 Å². The van der Waals surface area contributed by atoms with E-state index in [0.29, 0.717) is 19.3 Å². The van der Waals surface area contributed by atoms with Crippen LogP contribution in [0.2, 0.25) is 0 Å². The number of nitrogens with zero attached hydrogens (tertiary/aromatic N) is 1. The zero-order valence-corrected chi connectivity index (χ0v) is 11.4. The van der Waals surface area contributed by atoms with Crippen LogP contribution in [-0.4, -0.2) is 56.5 Å². The Labute approximate surface area is 105 Å². The number of hydrogen-bond acceptors (Lipinski definition) is 4. The van der Waals surface area contributed by atoms with Gasteiger partial charge < -0.3 is 15.2 Å². The van der Waals surface area contributed by atoms with Crippen molar-refractivity contribution in [1.82, 2.24) is 4.90 Å². The Balaban J connectivity index is 0.00000225. The molecule has 0 amide bonds. The van der Waals surface area contributed by atoms with Crippen molar-refractivity contribution in [3.63, 3.8) is 0 Å². The first kappa shape index (κ1) is 16.1. The second kappa shape index (κ2) is 7.45. The zero-order valence-electron chi connectivity index (χ0n) is 10.6. The number of ether oxygens (including phenoxy) is 2. The van der Waals surface area contributed by atoms with E-state index in [9.17, 15) is 0 Å². The van der Waals surface area contributed by atoms with Gasteiger partial charge in [-0.2, -0.15) is 0 Å². The van der Waals surface area contributed by atoms with E-state index in [1.165, 1.54) is 0 Å². The lowest BCUT2D eigenvalue weighted by atomic mass is 10.1. The van der Waals surface area contributed by atoms with Crippen LogP contribution in [0.1, 0.15) is 20.3 Å². The molecule has 5 heteroatoms. The van der Waals surface area contributed by atoms with Gasteiger partial charge in [0.15, 0.2) is 0 Å². The van der Waals surface area contributed by atoms with Crippen LogP contribution in [-0.2, 0) is 9.47 Å². The average Bonchev–Trinajstić information content (AvgIpc) is 2.50. The van der Waals surface area contributed by atoms with Gasteiger partial charge in [0.25, 0.3) is 0 Å². The Kier molecular flexibility index (Phi) is 7.52. The minimum Gasteiger partial charge on any atom is -0.382 e. The van der Waals surface area contributed by atoms with Gasteiger partial charge in [0.1, 0.15) is 0 Å². The van der Waals surface area contributed by atoms with E-state index in [1.807, 2.05) is 0 Å². The molecular weight excluding hydrogens is 228 g/mol. The monoisotopic (exact) mass is 252 g/mol. The summed E-state index contributed by atoms with van der Waals surface area (Å²) in [7, 11) is 1.70. The molecule has 98 valence electrons. The normalized spacial score (nSPS) is 22.1. The van der Waals surface area contributed by atoms with Crippen LogP contribution in [0.3, 0.4) is 0 Å². The van der Waals surface area contributed by atoms with Crippen LogP contribution in [0.5, 0.6) is 0 Å². The molecule has 1 aliphatic rings. The number of halogens is 1. The summed E-state index contributed by atoms with van der Waals surface area (Å²) in [5.74, 6) is 0. The third-order valence-corrected chi connectivity index (χ3v) is 2.50. The summed E-state index contributed by atoms with van der Waals surface area (Å²) in [5.41, 5.74) is 5.87. The molecule has 0 bridgehead atoms. The SMILES string of the molecule is COCCOC1CCN(CC(C)(C)N)C1.Cl. The van der Waals surface area contributed by atoms with E-state index in [-0.39, 0.29) is 17.9 Å². The molecule has 4 nitrogen and oxygen atoms in total. The van der Waals surface area contributed by atoms with Crippen molar-refractivity contribution in [2.75, 3.05) is 40.0 Å². The molecule has 0 aromatic heterocycles. The molecule has 1 heterocycles. The maximum Gasteiger partial charge on any atom is 0.0715 e. The van der Waals surface area contributed by atoms with Gasteiger partial charge in [-0.05, 0) is 20.3 Å². The summed E-state index contributed by atoms with van der Waals surface area (Å²) < 4.78 is 10.6. The Morgan fingerprint density at radius 1 is 1.38 bits per heavy atom. The number of likely N-dealkylation sites (tertiary alicyclic amines) is 1. The Hall–Kier alpha value is 0.130. The lowest BCUT2D eigenvalue weighted by molar-refractivity contribution is 0.0215. The van der Waals surface area contributed by atoms with Gasteiger partial charge in [-0.15, -0.1) is 12.4 Å². The Bertz CT molecular complexity index is 185. The molecule has 1 unspecified atom stereocenters. The molecule has 1 rings (SSSR count). The first-order valence-corrected chi connectivity index (χ1v) is 5.63. The van der Waals surface area contributed by atoms with Gasteiger partial charge >= 0.3 is 0 Å². The van der Waals surface area contributed by atoms with Crippen LogP contribution in [0.4, 0.5) is 0 Å². The molecule has 1 saturated heterocycles. The Morgan fingerprint density at radius 3 is 2.62 bits per heavy atom. The number of hydrogen-bond donors (Lipinski definition) is 1. The second-order valence-corrected chi connectivity index (χ2v) is 5.00. The van der Waals surface area contributed by atoms with Crippen molar-refractivity contribution in [3.8, 4) is 0 Å². The molecule has 2 N–H and O–H groups in total. The van der Waals surface area contributed by atoms with Crippen molar-refractivity contribution in [3.05, 3.63) is 0 Å². The van der Waals surface area contributed by atoms with Crippen LogP contribution in [0.15, 0.2) is 0 Å². The predicted octanol–water partition coefficient (Wildman–Crippen LogP) is 0.883. The fourth-order valence-corrected chi connectivity index (χ4v) is 1.95. The number of nitrogens with two attached hydrogens (primary N) is 1. The molecule has 16 heavy (non-hydrogen) atoms. The van der Waals surface area contributed by atoms with Crippen molar-refractivity contribution in [2.24, 2.45) is 5.73 Å². The molecule has 0 aromatic carbocycles. The summed E-state index contributed by atoms with van der Waals surface area (Å²) in [5, 5.41) is 0. The molecule has 1 atom stereocenters. The molecule has 0 saturated carbocycles. The van der Waals surface area contributed by atoms with Gasteiger partial charge in [-0.25, -0.2) is 0 Å². The van der Waals surface area contributed by atoms with Crippen LogP contribution >= 0.6 is 12.4 Å². The van der Waals surface area contributed by atoms with E-state index in [1.54, 1.807) is 7.11 Å². The van der Waals surface area contributed by atoms with E-state index >= 15 is 0 Å². The molecular formula is C11H25ClN2O2. The smallest absolute Gasteiger partial charge is 0.0715 e. The van der Waals surface area contributed by atoms with Gasteiger partial charge in [-0.3, -0.25) is 4.90 Å². The first-order valence-electron chi connectivity index (χ1n) is 5.63. The Morgan fingerprint density at radius 2 is 2.06 bits per heavy atom. The topological polar surface area (TPSA) is 47.7 Å². The van der Waals surface area contributed by atoms with Crippen molar-refractivity contribution >= 4 is 12.4 Å². The molecule has 0 radical (unpaired) electrons. The highest BCUT2D eigenvalue weighted by atomic mass is 35.5. The molecule has 1 fully saturated rings. The molecule has 0 aromatic rings. The average molecular weight is 253 g/mol. The van der Waals surface area contributed by atoms with E-state index in [0.717, 1.165) is 26.1 Å². The summed E-state index contributed by atoms with van der Waals surface area (Å²) >= 11 is 0. The summed E-state index contributed by atoms with van der Waals surface area (Å²) in [6, 6.07) is 0. The first-order chi connectivity index (χ1) is 7.01. The van der Waals surface area contributed by atoms with Gasteiger partial charge in [0, 0.05) is 32.3 Å². The largest absolute Gasteiger partial charge is 0.382 e. The number of methoxy groups -OCH3 is 1. The third-order valence-electron chi connectivity index (χ3n) is 2.50. The summed E-state index contributed by atoms with van der Waals surface area (Å²) in [6.07, 6.45) is 1.47. The lowest BCUT2D eigenvalue weighted by Crippen LogP contribution is -2.44. The maximum absolute atomic E-state index is 5.98. The number of rotatable bonds is 6. The highest BCUT2D eigenvalue weighted by Crippen LogP contribution is 2.14. The fraction of sp³-hybridized carbons (Fsp3) is 1.00. The maximum atomic E-state index is 5.98. The van der Waals surface area contributed by atoms with Crippen molar-refractivity contribution in [1.29, 1.82) is 0 Å². The minimum atomic E-state index is -0.110. The lowest BCUT2D eigenvalue weighted by Gasteiger charge is -2.26. The minimum absolute atomic E-state index is 0. The van der Waals surface area contributed by atoms with E-state index in [4.69, 9.17) is 15.2 Å².